The first kappa shape index (κ1) is 36.0. The highest BCUT2D eigenvalue weighted by Crippen LogP contribution is 2.42. The first-order valence-corrected chi connectivity index (χ1v) is 21.2. The van der Waals surface area contributed by atoms with Crippen LogP contribution in [0.1, 0.15) is 159 Å². The molecule has 2 aromatic heterocycles. The molecule has 6 rings (SSSR count). The quantitative estimate of drug-likeness (QED) is 0.0617. The van der Waals surface area contributed by atoms with Gasteiger partial charge in [-0.1, -0.05) is 178 Å². The average Bonchev–Trinajstić information content (AvgIpc) is 3.68. The molecule has 6 aromatic rings. The lowest BCUT2D eigenvalue weighted by Gasteiger charge is -2.05. The summed E-state index contributed by atoms with van der Waals surface area (Å²) in [6.07, 6.45) is 32.9. The van der Waals surface area contributed by atoms with Crippen LogP contribution >= 0.6 is 11.3 Å². The van der Waals surface area contributed by atoms with Gasteiger partial charge < -0.3 is 4.42 Å². The molecule has 262 valence electrons. The Morgan fingerprint density at radius 1 is 0.449 bits per heavy atom. The summed E-state index contributed by atoms with van der Waals surface area (Å²) < 4.78 is 9.23. The van der Waals surface area contributed by atoms with Gasteiger partial charge in [0, 0.05) is 41.7 Å². The first-order valence-electron chi connectivity index (χ1n) is 20.4. The van der Waals surface area contributed by atoms with Crippen LogP contribution in [0.5, 0.6) is 0 Å². The summed E-state index contributed by atoms with van der Waals surface area (Å²) >= 11 is 1.95. The number of hydrogen-bond donors (Lipinski definition) is 0. The van der Waals surface area contributed by atoms with E-state index in [2.05, 4.69) is 74.5 Å². The predicted molar refractivity (Wildman–Crippen MR) is 220 cm³/mol. The molecule has 2 heteroatoms. The van der Waals surface area contributed by atoms with E-state index >= 15 is 0 Å². The summed E-state index contributed by atoms with van der Waals surface area (Å²) in [5.74, 6) is 0. The molecule has 0 fully saturated rings. The Morgan fingerprint density at radius 3 is 1.47 bits per heavy atom. The Bertz CT molecular complexity index is 1890. The monoisotopic (exact) mass is 674 g/mol. The molecule has 1 nitrogen and oxygen atoms in total. The summed E-state index contributed by atoms with van der Waals surface area (Å²) in [5.41, 5.74) is 4.73. The second kappa shape index (κ2) is 19.0. The van der Waals surface area contributed by atoms with Gasteiger partial charge in [0.2, 0.25) is 0 Å². The Morgan fingerprint density at radius 2 is 0.898 bits per heavy atom. The molecule has 0 saturated heterocycles. The Labute approximate surface area is 300 Å². The second-order valence-electron chi connectivity index (χ2n) is 15.2. The van der Waals surface area contributed by atoms with Gasteiger partial charge in [0.05, 0.1) is 0 Å². The maximum atomic E-state index is 6.43. The van der Waals surface area contributed by atoms with Gasteiger partial charge in [0.25, 0.3) is 0 Å². The van der Waals surface area contributed by atoms with Crippen molar-refractivity contribution in [1.82, 2.24) is 0 Å². The van der Waals surface area contributed by atoms with Gasteiger partial charge in [-0.3, -0.25) is 0 Å². The van der Waals surface area contributed by atoms with Crippen LogP contribution in [0.4, 0.5) is 0 Å². The summed E-state index contributed by atoms with van der Waals surface area (Å²) in [4.78, 5) is 0. The van der Waals surface area contributed by atoms with Crippen molar-refractivity contribution in [2.24, 2.45) is 0 Å². The summed E-state index contributed by atoms with van der Waals surface area (Å²) in [5, 5.41) is 7.71. The highest BCUT2D eigenvalue weighted by Gasteiger charge is 2.15. The smallest absolute Gasteiger partial charge is 0.143 e. The molecule has 2 heterocycles. The largest absolute Gasteiger partial charge is 0.455 e. The minimum atomic E-state index is 0.985. The van der Waals surface area contributed by atoms with Crippen molar-refractivity contribution in [3.05, 3.63) is 71.8 Å². The minimum absolute atomic E-state index is 0.985. The van der Waals surface area contributed by atoms with Gasteiger partial charge in [-0.25, -0.2) is 0 Å². The van der Waals surface area contributed by atoms with Crippen molar-refractivity contribution in [2.75, 3.05) is 0 Å². The van der Waals surface area contributed by atoms with Crippen LogP contribution < -0.4 is 0 Å². The molecule has 0 bridgehead atoms. The predicted octanol–water partition coefficient (Wildman–Crippen LogP) is 16.6. The molecular weight excluding hydrogens is 613 g/mol. The molecule has 0 amide bonds. The van der Waals surface area contributed by atoms with E-state index in [0.29, 0.717) is 0 Å². The van der Waals surface area contributed by atoms with Gasteiger partial charge in [-0.05, 0) is 55.2 Å². The third-order valence-corrected chi connectivity index (χ3v) is 12.3. The third kappa shape index (κ3) is 9.69. The van der Waals surface area contributed by atoms with E-state index in [1.54, 1.807) is 0 Å². The van der Waals surface area contributed by atoms with Crippen LogP contribution in [0.15, 0.2) is 65.1 Å². The summed E-state index contributed by atoms with van der Waals surface area (Å²) in [7, 11) is 0. The zero-order valence-corrected chi connectivity index (χ0v) is 31.7. The lowest BCUT2D eigenvalue weighted by Crippen LogP contribution is -1.87. The number of hydrogen-bond acceptors (Lipinski definition) is 2. The fourth-order valence-corrected chi connectivity index (χ4v) is 9.41. The number of benzene rings is 4. The zero-order chi connectivity index (χ0) is 33.7. The van der Waals surface area contributed by atoms with Crippen molar-refractivity contribution in [3.8, 4) is 0 Å². The fourth-order valence-electron chi connectivity index (χ4n) is 8.12. The Hall–Kier alpha value is -2.84. The van der Waals surface area contributed by atoms with Crippen molar-refractivity contribution in [1.29, 1.82) is 0 Å². The first-order chi connectivity index (χ1) is 24.2. The molecule has 0 atom stereocenters. The lowest BCUT2D eigenvalue weighted by atomic mass is 10.0. The highest BCUT2D eigenvalue weighted by molar-refractivity contribution is 7.26. The van der Waals surface area contributed by atoms with E-state index in [9.17, 15) is 0 Å². The molecule has 0 radical (unpaired) electrons. The van der Waals surface area contributed by atoms with Crippen LogP contribution in [-0.2, 0) is 6.42 Å². The maximum absolute atomic E-state index is 6.43. The van der Waals surface area contributed by atoms with Crippen molar-refractivity contribution in [3.63, 3.8) is 0 Å². The molecule has 0 saturated carbocycles. The molecule has 0 aliphatic rings. The second-order valence-corrected chi connectivity index (χ2v) is 16.2. The van der Waals surface area contributed by atoms with E-state index in [4.69, 9.17) is 4.42 Å². The van der Waals surface area contributed by atoms with Gasteiger partial charge in [0.15, 0.2) is 0 Å². The maximum Gasteiger partial charge on any atom is 0.143 e. The van der Waals surface area contributed by atoms with E-state index in [1.807, 2.05) is 11.3 Å². The summed E-state index contributed by atoms with van der Waals surface area (Å²) in [6, 6.07) is 22.9. The van der Waals surface area contributed by atoms with Gasteiger partial charge in [-0.15, -0.1) is 11.3 Å². The van der Waals surface area contributed by atoms with Gasteiger partial charge >= 0.3 is 0 Å². The van der Waals surface area contributed by atoms with Crippen molar-refractivity contribution < 1.29 is 4.42 Å². The third-order valence-electron chi connectivity index (χ3n) is 11.1. The lowest BCUT2D eigenvalue weighted by molar-refractivity contribution is 0.519. The van der Waals surface area contributed by atoms with E-state index in [-0.39, 0.29) is 0 Å². The molecule has 0 aliphatic carbocycles. The van der Waals surface area contributed by atoms with E-state index in [0.717, 1.165) is 11.2 Å². The SMILES string of the molecule is CCCCCCCCCCCCCCCCCCCCCCCCc1ccc2c(c1)sc1c2ccc2c1ccc1c3ccc(C)cc3oc12. The summed E-state index contributed by atoms with van der Waals surface area (Å²) in [6.45, 7) is 4.43. The number of aryl methyl sites for hydroxylation is 2. The number of fused-ring (bicyclic) bond motifs is 9. The van der Waals surface area contributed by atoms with Crippen molar-refractivity contribution >= 4 is 64.2 Å². The van der Waals surface area contributed by atoms with Crippen LogP contribution in [0.25, 0.3) is 52.9 Å². The van der Waals surface area contributed by atoms with Gasteiger partial charge in [0.1, 0.15) is 11.2 Å². The number of furan rings is 1. The topological polar surface area (TPSA) is 13.1 Å². The standard InChI is InChI=1S/C47H62OS/c1-3-4-5-6-7-8-9-10-11-12-13-14-15-16-17-18-19-20-21-22-23-24-25-37-27-29-39-42-32-31-41-43(47(42)49-45(39)35-37)33-30-40-38-28-26-36(2)34-44(38)48-46(40)41/h26-35H,3-25H2,1-2H3. The highest BCUT2D eigenvalue weighted by atomic mass is 32.1. The molecule has 4 aromatic carbocycles. The van der Waals surface area contributed by atoms with E-state index in [1.165, 1.54) is 201 Å². The molecular formula is C47H62OS. The van der Waals surface area contributed by atoms with Crippen LogP contribution in [-0.4, -0.2) is 0 Å². The molecule has 0 spiro atoms. The Balaban J connectivity index is 0.839. The van der Waals surface area contributed by atoms with E-state index < -0.39 is 0 Å². The fraction of sp³-hybridized carbons (Fsp3) is 0.532. The number of thiophene rings is 1. The normalized spacial score (nSPS) is 12.1. The molecule has 0 aliphatic heterocycles. The minimum Gasteiger partial charge on any atom is -0.455 e. The Kier molecular flexibility index (Phi) is 13.9. The van der Waals surface area contributed by atoms with Crippen molar-refractivity contribution in [2.45, 2.75) is 162 Å². The molecule has 0 N–H and O–H groups in total. The number of unbranched alkanes of at least 4 members (excludes halogenated alkanes) is 21. The van der Waals surface area contributed by atoms with Crippen LogP contribution in [0.2, 0.25) is 0 Å². The molecule has 0 unspecified atom stereocenters. The average molecular weight is 675 g/mol. The zero-order valence-electron chi connectivity index (χ0n) is 30.9. The van der Waals surface area contributed by atoms with Crippen LogP contribution in [0.3, 0.4) is 0 Å². The number of rotatable bonds is 23. The molecule has 49 heavy (non-hydrogen) atoms. The van der Waals surface area contributed by atoms with Gasteiger partial charge in [-0.2, -0.15) is 0 Å². The van der Waals surface area contributed by atoms with Crippen LogP contribution in [0, 0.1) is 6.92 Å².